The highest BCUT2D eigenvalue weighted by Crippen LogP contribution is 2.19. The number of aryl methyl sites for hydroxylation is 2. The van der Waals surface area contributed by atoms with Crippen LogP contribution in [0.2, 0.25) is 0 Å². The maximum Gasteiger partial charge on any atom is 0.341 e. The molecule has 2 aromatic rings. The molecule has 2 aromatic heterocycles. The van der Waals surface area contributed by atoms with Gasteiger partial charge in [0.1, 0.15) is 16.4 Å². The van der Waals surface area contributed by atoms with Crippen LogP contribution in [0.1, 0.15) is 21.1 Å². The van der Waals surface area contributed by atoms with E-state index in [4.69, 9.17) is 5.11 Å². The van der Waals surface area contributed by atoms with Gasteiger partial charge in [0.2, 0.25) is 0 Å². The van der Waals surface area contributed by atoms with E-state index in [1.165, 1.54) is 16.0 Å². The zero-order valence-electron chi connectivity index (χ0n) is 9.47. The SMILES string of the molecule is Cc1nn(C)c(NCc2nccs2)c1C(=O)O. The Morgan fingerprint density at radius 2 is 2.41 bits per heavy atom. The Morgan fingerprint density at radius 1 is 1.65 bits per heavy atom. The van der Waals surface area contributed by atoms with Gasteiger partial charge in [-0.3, -0.25) is 4.68 Å². The van der Waals surface area contributed by atoms with Gasteiger partial charge in [-0.1, -0.05) is 0 Å². The van der Waals surface area contributed by atoms with E-state index in [1.54, 1.807) is 20.2 Å². The molecule has 17 heavy (non-hydrogen) atoms. The first-order valence-electron chi connectivity index (χ1n) is 4.98. The van der Waals surface area contributed by atoms with Crippen molar-refractivity contribution in [2.45, 2.75) is 13.5 Å². The number of anilines is 1. The van der Waals surface area contributed by atoms with Gasteiger partial charge in [-0.05, 0) is 6.92 Å². The standard InChI is InChI=1S/C10H12N4O2S/c1-6-8(10(15)16)9(14(2)13-6)12-5-7-11-3-4-17-7/h3-4,12H,5H2,1-2H3,(H,15,16). The summed E-state index contributed by atoms with van der Waals surface area (Å²) >= 11 is 1.52. The molecule has 90 valence electrons. The van der Waals surface area contributed by atoms with Gasteiger partial charge in [0.15, 0.2) is 0 Å². The van der Waals surface area contributed by atoms with E-state index >= 15 is 0 Å². The van der Waals surface area contributed by atoms with Crippen molar-refractivity contribution in [1.29, 1.82) is 0 Å². The fourth-order valence-electron chi connectivity index (χ4n) is 1.62. The molecule has 0 fully saturated rings. The molecule has 0 aliphatic heterocycles. The monoisotopic (exact) mass is 252 g/mol. The molecule has 0 aromatic carbocycles. The lowest BCUT2D eigenvalue weighted by atomic mass is 10.2. The summed E-state index contributed by atoms with van der Waals surface area (Å²) in [6.07, 6.45) is 1.72. The number of carboxylic acid groups (broad SMARTS) is 1. The molecule has 2 N–H and O–H groups in total. The van der Waals surface area contributed by atoms with Crippen LogP contribution in [0.5, 0.6) is 0 Å². The average molecular weight is 252 g/mol. The van der Waals surface area contributed by atoms with Crippen LogP contribution in [0.15, 0.2) is 11.6 Å². The second kappa shape index (κ2) is 4.54. The van der Waals surface area contributed by atoms with Gasteiger partial charge >= 0.3 is 5.97 Å². The minimum absolute atomic E-state index is 0.212. The fraction of sp³-hybridized carbons (Fsp3) is 0.300. The topological polar surface area (TPSA) is 80.0 Å². The molecule has 7 heteroatoms. The zero-order valence-corrected chi connectivity index (χ0v) is 10.3. The lowest BCUT2D eigenvalue weighted by Crippen LogP contribution is -2.08. The second-order valence-electron chi connectivity index (χ2n) is 3.52. The minimum atomic E-state index is -0.975. The predicted octanol–water partition coefficient (Wildman–Crippen LogP) is 1.50. The normalized spacial score (nSPS) is 10.5. The van der Waals surface area contributed by atoms with E-state index in [1.807, 2.05) is 5.38 Å². The van der Waals surface area contributed by atoms with Crippen LogP contribution in [-0.2, 0) is 13.6 Å². The Balaban J connectivity index is 2.23. The summed E-state index contributed by atoms with van der Waals surface area (Å²) in [6.45, 7) is 2.18. The van der Waals surface area contributed by atoms with Crippen molar-refractivity contribution >= 4 is 23.1 Å². The number of hydrogen-bond acceptors (Lipinski definition) is 5. The number of nitrogens with zero attached hydrogens (tertiary/aromatic N) is 3. The number of carboxylic acids is 1. The molecular formula is C10H12N4O2S. The van der Waals surface area contributed by atoms with Crippen molar-refractivity contribution in [3.63, 3.8) is 0 Å². The highest BCUT2D eigenvalue weighted by atomic mass is 32.1. The van der Waals surface area contributed by atoms with Crippen molar-refractivity contribution < 1.29 is 9.90 Å². The Bertz CT molecular complexity index is 533. The van der Waals surface area contributed by atoms with Crippen molar-refractivity contribution in [1.82, 2.24) is 14.8 Å². The molecule has 0 radical (unpaired) electrons. The minimum Gasteiger partial charge on any atom is -0.477 e. The van der Waals surface area contributed by atoms with E-state index in [-0.39, 0.29) is 5.56 Å². The number of aromatic carboxylic acids is 1. The Morgan fingerprint density at radius 3 is 3.00 bits per heavy atom. The Labute approximate surface area is 102 Å². The summed E-state index contributed by atoms with van der Waals surface area (Å²) in [6, 6.07) is 0. The molecule has 0 bridgehead atoms. The van der Waals surface area contributed by atoms with Crippen LogP contribution in [0, 0.1) is 6.92 Å². The zero-order chi connectivity index (χ0) is 12.4. The van der Waals surface area contributed by atoms with Gasteiger partial charge < -0.3 is 10.4 Å². The first kappa shape index (κ1) is 11.6. The molecule has 2 heterocycles. The van der Waals surface area contributed by atoms with Gasteiger partial charge in [-0.15, -0.1) is 11.3 Å². The first-order valence-corrected chi connectivity index (χ1v) is 5.86. The van der Waals surface area contributed by atoms with Gasteiger partial charge in [-0.2, -0.15) is 5.10 Å². The molecular weight excluding hydrogens is 240 g/mol. The van der Waals surface area contributed by atoms with Crippen LogP contribution in [0.4, 0.5) is 5.82 Å². The van der Waals surface area contributed by atoms with Crippen molar-refractivity contribution in [2.24, 2.45) is 7.05 Å². The predicted molar refractivity (Wildman–Crippen MR) is 64.3 cm³/mol. The van der Waals surface area contributed by atoms with Crippen molar-refractivity contribution in [2.75, 3.05) is 5.32 Å². The first-order chi connectivity index (χ1) is 8.09. The highest BCUT2D eigenvalue weighted by molar-refractivity contribution is 7.09. The van der Waals surface area contributed by atoms with E-state index in [0.29, 0.717) is 18.1 Å². The maximum atomic E-state index is 11.1. The lowest BCUT2D eigenvalue weighted by Gasteiger charge is -2.05. The molecule has 0 atom stereocenters. The molecule has 0 saturated carbocycles. The molecule has 0 amide bonds. The number of hydrogen-bond donors (Lipinski definition) is 2. The van der Waals surface area contributed by atoms with Crippen LogP contribution in [-0.4, -0.2) is 25.8 Å². The van der Waals surface area contributed by atoms with Crippen molar-refractivity contribution in [3.05, 3.63) is 27.8 Å². The van der Waals surface area contributed by atoms with Crippen molar-refractivity contribution in [3.8, 4) is 0 Å². The molecule has 0 unspecified atom stereocenters. The third-order valence-corrected chi connectivity index (χ3v) is 3.11. The summed E-state index contributed by atoms with van der Waals surface area (Å²) in [4.78, 5) is 15.2. The van der Waals surface area contributed by atoms with E-state index < -0.39 is 5.97 Å². The fourth-order valence-corrected chi connectivity index (χ4v) is 2.17. The maximum absolute atomic E-state index is 11.1. The molecule has 0 spiro atoms. The summed E-state index contributed by atoms with van der Waals surface area (Å²) in [5.74, 6) is -0.470. The average Bonchev–Trinajstić information content (AvgIpc) is 2.83. The summed E-state index contributed by atoms with van der Waals surface area (Å²) < 4.78 is 1.53. The third-order valence-electron chi connectivity index (χ3n) is 2.33. The van der Waals surface area contributed by atoms with Gasteiger partial charge in [0.25, 0.3) is 0 Å². The lowest BCUT2D eigenvalue weighted by molar-refractivity contribution is 0.0697. The smallest absolute Gasteiger partial charge is 0.341 e. The van der Waals surface area contributed by atoms with Gasteiger partial charge in [0.05, 0.1) is 12.2 Å². The number of rotatable bonds is 4. The van der Waals surface area contributed by atoms with E-state index in [9.17, 15) is 4.79 Å². The molecule has 6 nitrogen and oxygen atoms in total. The summed E-state index contributed by atoms with van der Waals surface area (Å²) in [5, 5.41) is 19.0. The molecule has 0 aliphatic carbocycles. The van der Waals surface area contributed by atoms with Gasteiger partial charge in [0, 0.05) is 18.6 Å². The van der Waals surface area contributed by atoms with E-state index in [0.717, 1.165) is 5.01 Å². The number of aromatic nitrogens is 3. The number of thiazole rings is 1. The molecule has 0 saturated heterocycles. The largest absolute Gasteiger partial charge is 0.477 e. The second-order valence-corrected chi connectivity index (χ2v) is 4.50. The molecule has 2 rings (SSSR count). The summed E-state index contributed by atoms with van der Waals surface area (Å²) in [7, 11) is 1.71. The number of nitrogens with one attached hydrogen (secondary N) is 1. The van der Waals surface area contributed by atoms with Crippen LogP contribution < -0.4 is 5.32 Å². The van der Waals surface area contributed by atoms with Gasteiger partial charge in [-0.25, -0.2) is 9.78 Å². The third kappa shape index (κ3) is 2.28. The summed E-state index contributed by atoms with van der Waals surface area (Å²) in [5.41, 5.74) is 0.714. The van der Waals surface area contributed by atoms with E-state index in [2.05, 4.69) is 15.4 Å². The quantitative estimate of drug-likeness (QED) is 0.861. The molecule has 0 aliphatic rings. The van der Waals surface area contributed by atoms with Crippen LogP contribution >= 0.6 is 11.3 Å². The van der Waals surface area contributed by atoms with Crippen LogP contribution in [0.25, 0.3) is 0 Å². The van der Waals surface area contributed by atoms with Crippen LogP contribution in [0.3, 0.4) is 0 Å². The highest BCUT2D eigenvalue weighted by Gasteiger charge is 2.19. The number of carbonyl (C=O) groups is 1. The Hall–Kier alpha value is -1.89. The Kier molecular flexibility index (Phi) is 3.10.